The van der Waals surface area contributed by atoms with E-state index in [0.29, 0.717) is 5.92 Å². The zero-order chi connectivity index (χ0) is 12.0. The van der Waals surface area contributed by atoms with Crippen molar-refractivity contribution in [2.24, 2.45) is 5.92 Å². The van der Waals surface area contributed by atoms with E-state index in [1.165, 1.54) is 19.5 Å². The number of aliphatic hydroxyl groups is 1. The average molecular weight is 228 g/mol. The SMILES string of the molecule is CCN(CC)CCCN1CC[C@@H](O)[C@@H](C)C1. The number of nitrogens with zero attached hydrogens (tertiary/aromatic N) is 2. The van der Waals surface area contributed by atoms with Gasteiger partial charge < -0.3 is 14.9 Å². The van der Waals surface area contributed by atoms with E-state index in [2.05, 4.69) is 30.6 Å². The summed E-state index contributed by atoms with van der Waals surface area (Å²) in [5, 5.41) is 9.65. The standard InChI is InChI=1S/C13H28N2O/c1-4-14(5-2)8-6-9-15-10-7-13(16)12(3)11-15/h12-13,16H,4-11H2,1-3H3/t12-,13+/m0/s1. The summed E-state index contributed by atoms with van der Waals surface area (Å²) in [6, 6.07) is 0. The van der Waals surface area contributed by atoms with Crippen LogP contribution < -0.4 is 0 Å². The minimum Gasteiger partial charge on any atom is -0.393 e. The van der Waals surface area contributed by atoms with Crippen LogP contribution in [0.5, 0.6) is 0 Å². The Bertz CT molecular complexity index is 183. The van der Waals surface area contributed by atoms with Crippen molar-refractivity contribution in [3.63, 3.8) is 0 Å². The first-order valence-electron chi connectivity index (χ1n) is 6.80. The molecule has 0 aliphatic carbocycles. The van der Waals surface area contributed by atoms with E-state index in [9.17, 15) is 5.11 Å². The van der Waals surface area contributed by atoms with Crippen molar-refractivity contribution >= 4 is 0 Å². The van der Waals surface area contributed by atoms with Gasteiger partial charge in [0.25, 0.3) is 0 Å². The van der Waals surface area contributed by atoms with Crippen molar-refractivity contribution in [3.05, 3.63) is 0 Å². The largest absolute Gasteiger partial charge is 0.393 e. The van der Waals surface area contributed by atoms with Gasteiger partial charge in [-0.05, 0) is 44.9 Å². The summed E-state index contributed by atoms with van der Waals surface area (Å²) in [6.07, 6.45) is 2.13. The van der Waals surface area contributed by atoms with Gasteiger partial charge in [0.2, 0.25) is 0 Å². The Morgan fingerprint density at radius 1 is 1.31 bits per heavy atom. The Morgan fingerprint density at radius 2 is 2.00 bits per heavy atom. The van der Waals surface area contributed by atoms with Crippen LogP contribution in [0.25, 0.3) is 0 Å². The predicted octanol–water partition coefficient (Wildman–Crippen LogP) is 1.42. The summed E-state index contributed by atoms with van der Waals surface area (Å²) in [5.74, 6) is 0.446. The lowest BCUT2D eigenvalue weighted by Crippen LogP contribution is -2.42. The summed E-state index contributed by atoms with van der Waals surface area (Å²) < 4.78 is 0. The van der Waals surface area contributed by atoms with Crippen molar-refractivity contribution in [2.45, 2.75) is 39.7 Å². The Labute approximate surface area is 100 Å². The Kier molecular flexibility index (Phi) is 6.32. The first kappa shape index (κ1) is 13.9. The topological polar surface area (TPSA) is 26.7 Å². The highest BCUT2D eigenvalue weighted by Crippen LogP contribution is 2.16. The van der Waals surface area contributed by atoms with Crippen LogP contribution >= 0.6 is 0 Å². The lowest BCUT2D eigenvalue weighted by Gasteiger charge is -2.34. The number of likely N-dealkylation sites (tertiary alicyclic amines) is 1. The maximum atomic E-state index is 9.65. The quantitative estimate of drug-likeness (QED) is 0.745. The number of rotatable bonds is 6. The highest BCUT2D eigenvalue weighted by atomic mass is 16.3. The molecule has 0 aromatic heterocycles. The second kappa shape index (κ2) is 7.25. The first-order valence-corrected chi connectivity index (χ1v) is 6.80. The van der Waals surface area contributed by atoms with Gasteiger partial charge in [0.05, 0.1) is 6.10 Å². The molecule has 1 saturated heterocycles. The molecule has 16 heavy (non-hydrogen) atoms. The van der Waals surface area contributed by atoms with E-state index in [1.807, 2.05) is 0 Å². The van der Waals surface area contributed by atoms with Crippen molar-refractivity contribution in [3.8, 4) is 0 Å². The maximum absolute atomic E-state index is 9.65. The molecule has 0 aromatic rings. The molecule has 2 atom stereocenters. The zero-order valence-electron chi connectivity index (χ0n) is 11.2. The summed E-state index contributed by atoms with van der Waals surface area (Å²) in [6.45, 7) is 13.5. The van der Waals surface area contributed by atoms with Gasteiger partial charge in [-0.25, -0.2) is 0 Å². The molecule has 3 nitrogen and oxygen atoms in total. The van der Waals surface area contributed by atoms with Crippen molar-refractivity contribution < 1.29 is 5.11 Å². The summed E-state index contributed by atoms with van der Waals surface area (Å²) >= 11 is 0. The van der Waals surface area contributed by atoms with E-state index >= 15 is 0 Å². The Hall–Kier alpha value is -0.120. The molecular weight excluding hydrogens is 200 g/mol. The molecule has 0 aromatic carbocycles. The zero-order valence-corrected chi connectivity index (χ0v) is 11.2. The Morgan fingerprint density at radius 3 is 2.56 bits per heavy atom. The van der Waals surface area contributed by atoms with Gasteiger partial charge in [0, 0.05) is 13.1 Å². The third-order valence-electron chi connectivity index (χ3n) is 3.79. The molecule has 0 radical (unpaired) electrons. The molecule has 1 aliphatic heterocycles. The minimum absolute atomic E-state index is 0.0703. The smallest absolute Gasteiger partial charge is 0.0590 e. The van der Waals surface area contributed by atoms with E-state index in [-0.39, 0.29) is 6.10 Å². The molecule has 1 rings (SSSR count). The van der Waals surface area contributed by atoms with Gasteiger partial charge in [0.1, 0.15) is 0 Å². The normalized spacial score (nSPS) is 27.6. The van der Waals surface area contributed by atoms with Crippen molar-refractivity contribution in [2.75, 3.05) is 39.3 Å². The van der Waals surface area contributed by atoms with Crippen LogP contribution in [0.4, 0.5) is 0 Å². The summed E-state index contributed by atoms with van der Waals surface area (Å²) in [4.78, 5) is 4.98. The van der Waals surface area contributed by atoms with E-state index in [0.717, 1.165) is 32.6 Å². The molecule has 1 fully saturated rings. The van der Waals surface area contributed by atoms with Crippen molar-refractivity contribution in [1.82, 2.24) is 9.80 Å². The molecule has 0 amide bonds. The minimum atomic E-state index is -0.0703. The highest BCUT2D eigenvalue weighted by molar-refractivity contribution is 4.77. The number of hydrogen-bond donors (Lipinski definition) is 1. The molecule has 1 aliphatic rings. The van der Waals surface area contributed by atoms with E-state index < -0.39 is 0 Å². The third-order valence-corrected chi connectivity index (χ3v) is 3.79. The molecule has 0 saturated carbocycles. The van der Waals surface area contributed by atoms with E-state index in [4.69, 9.17) is 0 Å². The Balaban J connectivity index is 2.13. The lowest BCUT2D eigenvalue weighted by atomic mass is 9.97. The maximum Gasteiger partial charge on any atom is 0.0590 e. The number of hydrogen-bond acceptors (Lipinski definition) is 3. The number of piperidine rings is 1. The molecule has 96 valence electrons. The van der Waals surface area contributed by atoms with Gasteiger partial charge >= 0.3 is 0 Å². The predicted molar refractivity (Wildman–Crippen MR) is 68.6 cm³/mol. The number of aliphatic hydroxyl groups excluding tert-OH is 1. The molecule has 3 heteroatoms. The fourth-order valence-electron chi connectivity index (χ4n) is 2.48. The van der Waals surface area contributed by atoms with Crippen LogP contribution in [0.2, 0.25) is 0 Å². The van der Waals surface area contributed by atoms with Gasteiger partial charge in [-0.15, -0.1) is 0 Å². The van der Waals surface area contributed by atoms with Crippen LogP contribution in [0.15, 0.2) is 0 Å². The third kappa shape index (κ3) is 4.40. The van der Waals surface area contributed by atoms with Gasteiger partial charge in [-0.3, -0.25) is 0 Å². The summed E-state index contributed by atoms with van der Waals surface area (Å²) in [5.41, 5.74) is 0. The first-order chi connectivity index (χ1) is 7.67. The second-order valence-electron chi connectivity index (χ2n) is 5.01. The van der Waals surface area contributed by atoms with Crippen LogP contribution in [-0.2, 0) is 0 Å². The van der Waals surface area contributed by atoms with Gasteiger partial charge in [0.15, 0.2) is 0 Å². The summed E-state index contributed by atoms with van der Waals surface area (Å²) in [7, 11) is 0. The average Bonchev–Trinajstić information content (AvgIpc) is 2.29. The van der Waals surface area contributed by atoms with Crippen LogP contribution in [-0.4, -0.2) is 60.3 Å². The molecule has 0 spiro atoms. The molecule has 1 heterocycles. The fraction of sp³-hybridized carbons (Fsp3) is 1.00. The van der Waals surface area contributed by atoms with Crippen LogP contribution in [0, 0.1) is 5.92 Å². The molecule has 0 bridgehead atoms. The fourth-order valence-corrected chi connectivity index (χ4v) is 2.48. The molecule has 0 unspecified atom stereocenters. The van der Waals surface area contributed by atoms with Gasteiger partial charge in [-0.2, -0.15) is 0 Å². The molecule has 1 N–H and O–H groups in total. The van der Waals surface area contributed by atoms with Gasteiger partial charge in [-0.1, -0.05) is 20.8 Å². The van der Waals surface area contributed by atoms with Crippen LogP contribution in [0.1, 0.15) is 33.6 Å². The second-order valence-corrected chi connectivity index (χ2v) is 5.01. The van der Waals surface area contributed by atoms with Crippen molar-refractivity contribution in [1.29, 1.82) is 0 Å². The van der Waals surface area contributed by atoms with E-state index in [1.54, 1.807) is 0 Å². The monoisotopic (exact) mass is 228 g/mol. The highest BCUT2D eigenvalue weighted by Gasteiger charge is 2.23. The molecular formula is C13H28N2O. The van der Waals surface area contributed by atoms with Crippen LogP contribution in [0.3, 0.4) is 0 Å². The lowest BCUT2D eigenvalue weighted by molar-refractivity contribution is 0.0338.